The number of fused-ring (bicyclic) bond motifs is 6. The summed E-state index contributed by atoms with van der Waals surface area (Å²) in [4.78, 5) is 20.6. The highest BCUT2D eigenvalue weighted by molar-refractivity contribution is 8.30. The van der Waals surface area contributed by atoms with Gasteiger partial charge in [-0.25, -0.2) is 19.9 Å². The molecule has 0 fully saturated rings. The van der Waals surface area contributed by atoms with Gasteiger partial charge in [0.15, 0.2) is 0 Å². The number of hydrogen-bond acceptors (Lipinski definition) is 8. The molecule has 0 amide bonds. The molecule has 0 radical (unpaired) electrons. The number of thioether (sulfide) groups is 4. The molecule has 8 aliphatic rings. The van der Waals surface area contributed by atoms with Crippen molar-refractivity contribution in [3.05, 3.63) is 79.3 Å². The second kappa shape index (κ2) is 8.93. The van der Waals surface area contributed by atoms with E-state index in [0.29, 0.717) is 35.5 Å². The van der Waals surface area contributed by atoms with Crippen molar-refractivity contribution in [2.45, 2.75) is 84.3 Å². The van der Waals surface area contributed by atoms with Gasteiger partial charge in [0.1, 0.15) is 20.1 Å². The predicted octanol–water partition coefficient (Wildman–Crippen LogP) is 10.4. The lowest BCUT2D eigenvalue weighted by Gasteiger charge is -2.45. The Hall–Kier alpha value is -2.26. The third kappa shape index (κ3) is 3.76. The highest BCUT2D eigenvalue weighted by atomic mass is 32.2. The highest BCUT2D eigenvalue weighted by Crippen LogP contribution is 2.61. The smallest absolute Gasteiger partial charge is 0.135 e. The molecular weight excluding hydrogens is 605 g/mol. The van der Waals surface area contributed by atoms with Crippen molar-refractivity contribution in [1.82, 2.24) is 19.9 Å². The summed E-state index contributed by atoms with van der Waals surface area (Å²) in [7, 11) is 0. The van der Waals surface area contributed by atoms with E-state index in [2.05, 4.69) is 76.3 Å². The van der Waals surface area contributed by atoms with Gasteiger partial charge in [0, 0.05) is 23.7 Å². The van der Waals surface area contributed by atoms with Crippen molar-refractivity contribution in [2.24, 2.45) is 17.3 Å². The van der Waals surface area contributed by atoms with Gasteiger partial charge in [0.25, 0.3) is 0 Å². The summed E-state index contributed by atoms with van der Waals surface area (Å²) in [5.41, 5.74) is 10.2. The molecule has 2 aromatic carbocycles. The van der Waals surface area contributed by atoms with Crippen LogP contribution < -0.4 is 0 Å². The SMILES string of the molecule is CC(C)C1CC2C=CC1c1cc3nc4c(nc3cc12)S/C(=C1/Sc2nc3cc5c(cc3nc2S1)C1C=CC5CC1(C)C)S4. The van der Waals surface area contributed by atoms with E-state index in [-0.39, 0.29) is 5.41 Å². The fraction of sp³-hybridized carbons (Fsp3) is 0.371. The predicted molar refractivity (Wildman–Crippen MR) is 180 cm³/mol. The van der Waals surface area contributed by atoms with Crippen molar-refractivity contribution in [3.63, 3.8) is 0 Å². The van der Waals surface area contributed by atoms with Crippen molar-refractivity contribution < 1.29 is 0 Å². The van der Waals surface area contributed by atoms with E-state index in [9.17, 15) is 0 Å². The maximum Gasteiger partial charge on any atom is 0.135 e. The highest BCUT2D eigenvalue weighted by Gasteiger charge is 2.42. The number of aromatic nitrogens is 4. The van der Waals surface area contributed by atoms with Crippen molar-refractivity contribution >= 4 is 69.1 Å². The Morgan fingerprint density at radius 2 is 1.12 bits per heavy atom. The van der Waals surface area contributed by atoms with Gasteiger partial charge in [-0.2, -0.15) is 0 Å². The van der Waals surface area contributed by atoms with Crippen molar-refractivity contribution in [3.8, 4) is 0 Å². The van der Waals surface area contributed by atoms with Crippen LogP contribution in [0.1, 0.15) is 86.5 Å². The zero-order valence-electron chi connectivity index (χ0n) is 24.4. The van der Waals surface area contributed by atoms with Crippen LogP contribution in [0, 0.1) is 17.3 Å². The van der Waals surface area contributed by atoms with E-state index in [1.807, 2.05) is 0 Å². The average molecular weight is 635 g/mol. The summed E-state index contributed by atoms with van der Waals surface area (Å²) < 4.78 is 2.50. The molecule has 2 aliphatic heterocycles. The van der Waals surface area contributed by atoms with Crippen LogP contribution in [-0.2, 0) is 0 Å². The monoisotopic (exact) mass is 634 g/mol. The van der Waals surface area contributed by atoms with Gasteiger partial charge in [-0.05, 0) is 76.6 Å². The normalized spacial score (nSPS) is 30.4. The quantitative estimate of drug-likeness (QED) is 0.192. The maximum atomic E-state index is 5.17. The number of nitrogens with zero attached hydrogens (tertiary/aromatic N) is 4. The first kappa shape index (κ1) is 26.0. The maximum absolute atomic E-state index is 5.17. The first-order chi connectivity index (χ1) is 20.8. The van der Waals surface area contributed by atoms with E-state index in [1.54, 1.807) is 47.0 Å². The van der Waals surface area contributed by atoms with Gasteiger partial charge in [0.05, 0.1) is 30.5 Å². The van der Waals surface area contributed by atoms with Gasteiger partial charge < -0.3 is 0 Å². The minimum absolute atomic E-state index is 0.289. The molecule has 0 saturated heterocycles. The van der Waals surface area contributed by atoms with Crippen LogP contribution in [0.2, 0.25) is 0 Å². The molecule has 6 aliphatic carbocycles. The minimum atomic E-state index is 0.289. The third-order valence-corrected chi connectivity index (χ3v) is 15.8. The van der Waals surface area contributed by atoms with Crippen molar-refractivity contribution in [1.29, 1.82) is 0 Å². The van der Waals surface area contributed by atoms with E-state index in [1.165, 1.54) is 43.6 Å². The van der Waals surface area contributed by atoms with Gasteiger partial charge in [-0.15, -0.1) is 0 Å². The van der Waals surface area contributed by atoms with Gasteiger partial charge in [-0.3, -0.25) is 0 Å². The fourth-order valence-electron chi connectivity index (χ4n) is 8.40. The number of hydrogen-bond donors (Lipinski definition) is 0. The lowest BCUT2D eigenvalue weighted by atomic mass is 9.59. The molecule has 4 nitrogen and oxygen atoms in total. The molecular formula is C35H30N4S4. The molecule has 0 spiro atoms. The minimum Gasteiger partial charge on any atom is -0.237 e. The van der Waals surface area contributed by atoms with Gasteiger partial charge in [-0.1, -0.05) is 99.0 Å². The van der Waals surface area contributed by atoms with Crippen LogP contribution in [0.4, 0.5) is 0 Å². The molecule has 4 aromatic rings. The largest absolute Gasteiger partial charge is 0.237 e. The number of benzene rings is 2. The molecule has 214 valence electrons. The second-order valence-corrected chi connectivity index (χ2v) is 18.4. The van der Waals surface area contributed by atoms with E-state index in [0.717, 1.165) is 42.2 Å². The number of allylic oxidation sites excluding steroid dienone is 4. The lowest BCUT2D eigenvalue weighted by molar-refractivity contribution is 0.251. The molecule has 0 N–H and O–H groups in total. The molecule has 4 heterocycles. The molecule has 8 heteroatoms. The first-order valence-corrected chi connectivity index (χ1v) is 18.6. The molecule has 5 atom stereocenters. The summed E-state index contributed by atoms with van der Waals surface area (Å²) >= 11 is 7.03. The van der Waals surface area contributed by atoms with Gasteiger partial charge in [0.2, 0.25) is 0 Å². The molecule has 0 saturated carbocycles. The van der Waals surface area contributed by atoms with Crippen LogP contribution in [0.25, 0.3) is 22.1 Å². The molecule has 2 aromatic heterocycles. The van der Waals surface area contributed by atoms with Crippen molar-refractivity contribution in [2.75, 3.05) is 0 Å². The molecule has 4 bridgehead atoms. The third-order valence-electron chi connectivity index (χ3n) is 10.5. The Morgan fingerprint density at radius 3 is 1.65 bits per heavy atom. The summed E-state index contributed by atoms with van der Waals surface area (Å²) in [5, 5.41) is 4.10. The zero-order valence-corrected chi connectivity index (χ0v) is 27.7. The Bertz CT molecular complexity index is 2040. The summed E-state index contributed by atoms with van der Waals surface area (Å²) in [5.74, 6) is 3.36. The summed E-state index contributed by atoms with van der Waals surface area (Å²) in [6.45, 7) is 9.55. The second-order valence-electron chi connectivity index (χ2n) is 13.9. The first-order valence-electron chi connectivity index (χ1n) is 15.3. The van der Waals surface area contributed by atoms with Crippen LogP contribution >= 0.6 is 47.0 Å². The van der Waals surface area contributed by atoms with Crippen LogP contribution in [-0.4, -0.2) is 19.9 Å². The Balaban J connectivity index is 0.983. The standard InChI is InChI=1S/C35H30N4S4/c1-15(2)19-9-16-5-7-18(19)22-12-27-25(10-20(16)22)36-29-31(38-27)42-33(40-29)34-41-30-32(43-34)39-28-13-23-21(11-26(28)37-30)17-6-8-24(23)35(3,4)14-17/h5-8,10-13,15-19,24H,9,14H2,1-4H3/b34-33+. The van der Waals surface area contributed by atoms with Crippen LogP contribution in [0.3, 0.4) is 0 Å². The van der Waals surface area contributed by atoms with E-state index in [4.69, 9.17) is 19.9 Å². The number of rotatable bonds is 1. The zero-order chi connectivity index (χ0) is 28.8. The Kier molecular flexibility index (Phi) is 5.40. The molecule has 12 rings (SSSR count). The van der Waals surface area contributed by atoms with E-state index < -0.39 is 0 Å². The van der Waals surface area contributed by atoms with Crippen LogP contribution in [0.5, 0.6) is 0 Å². The fourth-order valence-corrected chi connectivity index (χ4v) is 13.3. The summed E-state index contributed by atoms with van der Waals surface area (Å²) in [6, 6.07) is 9.34. The topological polar surface area (TPSA) is 51.6 Å². The van der Waals surface area contributed by atoms with Gasteiger partial charge >= 0.3 is 0 Å². The Morgan fingerprint density at radius 1 is 0.628 bits per heavy atom. The van der Waals surface area contributed by atoms with E-state index >= 15 is 0 Å². The lowest BCUT2D eigenvalue weighted by Crippen LogP contribution is -2.32. The summed E-state index contributed by atoms with van der Waals surface area (Å²) in [6.07, 6.45) is 12.2. The average Bonchev–Trinajstić information content (AvgIpc) is 3.60. The molecule has 5 unspecified atom stereocenters. The Labute approximate surface area is 268 Å². The van der Waals surface area contributed by atoms with Crippen LogP contribution in [0.15, 0.2) is 77.1 Å². The molecule has 43 heavy (non-hydrogen) atoms.